The van der Waals surface area contributed by atoms with Gasteiger partial charge >= 0.3 is 0 Å². The molecule has 0 aromatic heterocycles. The topological polar surface area (TPSA) is 9.23 Å². The zero-order valence-electron chi connectivity index (χ0n) is 7.92. The predicted molar refractivity (Wildman–Crippen MR) is 53.7 cm³/mol. The van der Waals surface area contributed by atoms with Crippen molar-refractivity contribution in [3.8, 4) is 0 Å². The highest BCUT2D eigenvalue weighted by Crippen LogP contribution is 2.31. The molecule has 13 heavy (non-hydrogen) atoms. The van der Waals surface area contributed by atoms with Crippen molar-refractivity contribution in [2.45, 2.75) is 19.4 Å². The minimum atomic E-state index is 0.116. The molecule has 1 aliphatic heterocycles. The van der Waals surface area contributed by atoms with Crippen LogP contribution in [-0.2, 0) is 11.2 Å². The summed E-state index contributed by atoms with van der Waals surface area (Å²) in [7, 11) is 0. The second-order valence-corrected chi connectivity index (χ2v) is 3.55. The summed E-state index contributed by atoms with van der Waals surface area (Å²) in [6.45, 7) is 6.79. The number of hydrogen-bond acceptors (Lipinski definition) is 1. The molecule has 0 N–H and O–H groups in total. The van der Waals surface area contributed by atoms with Crippen molar-refractivity contribution in [2.24, 2.45) is 0 Å². The fraction of sp³-hybridized carbons (Fsp3) is 0.333. The van der Waals surface area contributed by atoms with Gasteiger partial charge in [0.2, 0.25) is 0 Å². The van der Waals surface area contributed by atoms with E-state index in [1.54, 1.807) is 0 Å². The minimum absolute atomic E-state index is 0.116. The average molecular weight is 174 g/mol. The Morgan fingerprint density at radius 3 is 3.00 bits per heavy atom. The molecule has 1 aromatic carbocycles. The highest BCUT2D eigenvalue weighted by atomic mass is 16.5. The summed E-state index contributed by atoms with van der Waals surface area (Å²) in [5, 5.41) is 0. The molecule has 2 rings (SSSR count). The Morgan fingerprint density at radius 1 is 1.46 bits per heavy atom. The first-order valence-corrected chi connectivity index (χ1v) is 4.64. The molecular formula is C12H14O. The molecule has 0 bridgehead atoms. The maximum absolute atomic E-state index is 5.67. The van der Waals surface area contributed by atoms with E-state index in [1.807, 2.05) is 6.92 Å². The monoisotopic (exact) mass is 174 g/mol. The SMILES string of the molecule is C=C(C)[C@H]1OCCc2ccccc21. The van der Waals surface area contributed by atoms with Crippen molar-refractivity contribution < 1.29 is 4.74 Å². The minimum Gasteiger partial charge on any atom is -0.369 e. The molecule has 1 aromatic rings. The zero-order chi connectivity index (χ0) is 9.26. The van der Waals surface area contributed by atoms with Gasteiger partial charge in [0.05, 0.1) is 6.61 Å². The molecule has 0 aliphatic carbocycles. The van der Waals surface area contributed by atoms with Crippen LogP contribution >= 0.6 is 0 Å². The molecule has 0 amide bonds. The van der Waals surface area contributed by atoms with Gasteiger partial charge in [-0.05, 0) is 30.0 Å². The third-order valence-electron chi connectivity index (χ3n) is 2.44. The normalized spacial score (nSPS) is 20.8. The number of ether oxygens (including phenoxy) is 1. The lowest BCUT2D eigenvalue weighted by Gasteiger charge is -2.26. The molecular weight excluding hydrogens is 160 g/mol. The first-order valence-electron chi connectivity index (χ1n) is 4.64. The van der Waals surface area contributed by atoms with Gasteiger partial charge in [0.15, 0.2) is 0 Å². The maximum Gasteiger partial charge on any atom is 0.103 e. The van der Waals surface area contributed by atoms with E-state index in [1.165, 1.54) is 11.1 Å². The molecule has 0 unspecified atom stereocenters. The Balaban J connectivity index is 2.42. The third kappa shape index (κ3) is 1.52. The standard InChI is InChI=1S/C12H14O/c1-9(2)12-11-6-4-3-5-10(11)7-8-13-12/h3-6,12H,1,7-8H2,2H3/t12-/m1/s1. The van der Waals surface area contributed by atoms with E-state index in [9.17, 15) is 0 Å². The van der Waals surface area contributed by atoms with E-state index in [-0.39, 0.29) is 6.10 Å². The van der Waals surface area contributed by atoms with E-state index in [4.69, 9.17) is 4.74 Å². The van der Waals surface area contributed by atoms with E-state index >= 15 is 0 Å². The highest BCUT2D eigenvalue weighted by Gasteiger charge is 2.20. The van der Waals surface area contributed by atoms with Crippen molar-refractivity contribution in [2.75, 3.05) is 6.61 Å². The summed E-state index contributed by atoms with van der Waals surface area (Å²) in [4.78, 5) is 0. The zero-order valence-corrected chi connectivity index (χ0v) is 7.92. The van der Waals surface area contributed by atoms with E-state index in [2.05, 4.69) is 30.8 Å². The first-order chi connectivity index (χ1) is 6.29. The molecule has 1 heterocycles. The van der Waals surface area contributed by atoms with Gasteiger partial charge < -0.3 is 4.74 Å². The highest BCUT2D eigenvalue weighted by molar-refractivity contribution is 5.34. The lowest BCUT2D eigenvalue weighted by molar-refractivity contribution is 0.0674. The van der Waals surface area contributed by atoms with Gasteiger partial charge in [-0.1, -0.05) is 30.8 Å². The first kappa shape index (κ1) is 8.52. The van der Waals surface area contributed by atoms with Crippen LogP contribution in [-0.4, -0.2) is 6.61 Å². The van der Waals surface area contributed by atoms with Gasteiger partial charge in [0.1, 0.15) is 6.10 Å². The van der Waals surface area contributed by atoms with Gasteiger partial charge in [0, 0.05) is 0 Å². The van der Waals surface area contributed by atoms with E-state index < -0.39 is 0 Å². The number of benzene rings is 1. The second-order valence-electron chi connectivity index (χ2n) is 3.55. The largest absolute Gasteiger partial charge is 0.369 e. The van der Waals surface area contributed by atoms with E-state index in [0.717, 1.165) is 18.6 Å². The van der Waals surface area contributed by atoms with Crippen LogP contribution in [0.15, 0.2) is 36.4 Å². The Hall–Kier alpha value is -1.08. The summed E-state index contributed by atoms with van der Waals surface area (Å²) in [5.41, 5.74) is 3.79. The van der Waals surface area contributed by atoms with Crippen molar-refractivity contribution in [1.29, 1.82) is 0 Å². The van der Waals surface area contributed by atoms with Crippen LogP contribution in [0.1, 0.15) is 24.2 Å². The Morgan fingerprint density at radius 2 is 2.23 bits per heavy atom. The smallest absolute Gasteiger partial charge is 0.103 e. The summed E-state index contributed by atoms with van der Waals surface area (Å²) < 4.78 is 5.67. The fourth-order valence-electron chi connectivity index (χ4n) is 1.80. The molecule has 0 fully saturated rings. The summed E-state index contributed by atoms with van der Waals surface area (Å²) in [5.74, 6) is 0. The van der Waals surface area contributed by atoms with Crippen molar-refractivity contribution in [3.63, 3.8) is 0 Å². The van der Waals surface area contributed by atoms with Crippen molar-refractivity contribution >= 4 is 0 Å². The van der Waals surface area contributed by atoms with Crippen LogP contribution in [0.4, 0.5) is 0 Å². The van der Waals surface area contributed by atoms with Crippen LogP contribution in [0.5, 0.6) is 0 Å². The average Bonchev–Trinajstić information content (AvgIpc) is 2.17. The Bertz CT molecular complexity index is 328. The van der Waals surface area contributed by atoms with Crippen molar-refractivity contribution in [1.82, 2.24) is 0 Å². The van der Waals surface area contributed by atoms with Gasteiger partial charge in [-0.2, -0.15) is 0 Å². The molecule has 0 radical (unpaired) electrons. The summed E-state index contributed by atoms with van der Waals surface area (Å²) >= 11 is 0. The van der Waals surface area contributed by atoms with Crippen LogP contribution in [0.25, 0.3) is 0 Å². The van der Waals surface area contributed by atoms with Gasteiger partial charge in [0.25, 0.3) is 0 Å². The Labute approximate surface area is 79.0 Å². The van der Waals surface area contributed by atoms with Crippen molar-refractivity contribution in [3.05, 3.63) is 47.5 Å². The quantitative estimate of drug-likeness (QED) is 0.595. The number of hydrogen-bond donors (Lipinski definition) is 0. The molecule has 1 heteroatoms. The van der Waals surface area contributed by atoms with Gasteiger partial charge in [-0.15, -0.1) is 0 Å². The van der Waals surface area contributed by atoms with Gasteiger partial charge in [-0.25, -0.2) is 0 Å². The van der Waals surface area contributed by atoms with Gasteiger partial charge in [-0.3, -0.25) is 0 Å². The number of fused-ring (bicyclic) bond motifs is 1. The van der Waals surface area contributed by atoms with Crippen LogP contribution < -0.4 is 0 Å². The molecule has 0 spiro atoms. The number of rotatable bonds is 1. The molecule has 1 nitrogen and oxygen atoms in total. The fourth-order valence-corrected chi connectivity index (χ4v) is 1.80. The summed E-state index contributed by atoms with van der Waals surface area (Å²) in [6.07, 6.45) is 1.14. The van der Waals surface area contributed by atoms with E-state index in [0.29, 0.717) is 0 Å². The second kappa shape index (κ2) is 3.35. The summed E-state index contributed by atoms with van der Waals surface area (Å²) in [6, 6.07) is 8.45. The Kier molecular flexibility index (Phi) is 2.19. The lowest BCUT2D eigenvalue weighted by atomic mass is 9.94. The predicted octanol–water partition coefficient (Wildman–Crippen LogP) is 2.88. The van der Waals surface area contributed by atoms with Crippen LogP contribution in [0.2, 0.25) is 0 Å². The molecule has 1 aliphatic rings. The molecule has 1 atom stereocenters. The lowest BCUT2D eigenvalue weighted by Crippen LogP contribution is -2.16. The molecule has 0 saturated heterocycles. The third-order valence-corrected chi connectivity index (χ3v) is 2.44. The maximum atomic E-state index is 5.67. The molecule has 0 saturated carbocycles. The van der Waals surface area contributed by atoms with Crippen LogP contribution in [0, 0.1) is 0 Å². The molecule has 68 valence electrons. The van der Waals surface area contributed by atoms with Crippen LogP contribution in [0.3, 0.4) is 0 Å².